The molecule has 0 saturated heterocycles. The number of hydrogen-bond donors (Lipinski definition) is 2. The molecule has 5 nitrogen and oxygen atoms in total. The zero-order valence-electron chi connectivity index (χ0n) is 9.66. The second kappa shape index (κ2) is 6.03. The lowest BCUT2D eigenvalue weighted by Crippen LogP contribution is -2.43. The van der Waals surface area contributed by atoms with E-state index in [2.05, 4.69) is 0 Å². The maximum Gasteiger partial charge on any atom is 0.401 e. The molecule has 0 atom stereocenters. The molecule has 0 aromatic carbocycles. The van der Waals surface area contributed by atoms with Gasteiger partial charge in [0.2, 0.25) is 5.91 Å². The molecule has 0 aliphatic heterocycles. The molecule has 0 unspecified atom stereocenters. The third-order valence-corrected chi connectivity index (χ3v) is 2.46. The number of aliphatic carboxylic acids is 1. The van der Waals surface area contributed by atoms with Crippen LogP contribution >= 0.6 is 0 Å². The lowest BCUT2D eigenvalue weighted by Gasteiger charge is -2.21. The Morgan fingerprint density at radius 2 is 1.94 bits per heavy atom. The fourth-order valence-corrected chi connectivity index (χ4v) is 1.45. The number of amides is 1. The highest BCUT2D eigenvalue weighted by atomic mass is 19.4. The molecular formula is C10H15F3N2O3. The van der Waals surface area contributed by atoms with Crippen LogP contribution in [0.3, 0.4) is 0 Å². The monoisotopic (exact) mass is 268 g/mol. The minimum atomic E-state index is -4.38. The molecule has 8 heteroatoms. The van der Waals surface area contributed by atoms with E-state index < -0.39 is 37.7 Å². The number of hydrogen-bond acceptors (Lipinski definition) is 3. The fraction of sp³-hybridized carbons (Fsp3) is 0.800. The van der Waals surface area contributed by atoms with Gasteiger partial charge in [0.25, 0.3) is 0 Å². The number of carbonyl (C=O) groups is 2. The largest absolute Gasteiger partial charge is 0.480 e. The van der Waals surface area contributed by atoms with Gasteiger partial charge in [0.05, 0.1) is 13.1 Å². The van der Waals surface area contributed by atoms with E-state index in [0.717, 1.165) is 17.7 Å². The van der Waals surface area contributed by atoms with Crippen LogP contribution in [0.2, 0.25) is 0 Å². The lowest BCUT2D eigenvalue weighted by atomic mass is 10.3. The first-order chi connectivity index (χ1) is 8.28. The summed E-state index contributed by atoms with van der Waals surface area (Å²) in [6.07, 6.45) is -2.52. The minimum absolute atomic E-state index is 0.288. The van der Waals surface area contributed by atoms with Crippen molar-refractivity contribution in [1.82, 2.24) is 10.2 Å². The quantitative estimate of drug-likeness (QED) is 0.704. The Morgan fingerprint density at radius 3 is 2.39 bits per heavy atom. The van der Waals surface area contributed by atoms with E-state index in [1.807, 2.05) is 5.32 Å². The first kappa shape index (κ1) is 14.7. The van der Waals surface area contributed by atoms with Gasteiger partial charge in [-0.25, -0.2) is 0 Å². The molecule has 0 bridgehead atoms. The number of nitrogens with one attached hydrogen (secondary N) is 1. The molecule has 0 aromatic heterocycles. The zero-order chi connectivity index (χ0) is 13.8. The van der Waals surface area contributed by atoms with Crippen LogP contribution in [0.1, 0.15) is 12.8 Å². The molecule has 18 heavy (non-hydrogen) atoms. The Kier molecular flexibility index (Phi) is 4.94. The summed E-state index contributed by atoms with van der Waals surface area (Å²) in [5, 5.41) is 10.6. The van der Waals surface area contributed by atoms with Gasteiger partial charge in [-0.3, -0.25) is 9.59 Å². The molecule has 0 radical (unpaired) electrons. The van der Waals surface area contributed by atoms with E-state index in [0.29, 0.717) is 6.54 Å². The van der Waals surface area contributed by atoms with Gasteiger partial charge >= 0.3 is 12.1 Å². The summed E-state index contributed by atoms with van der Waals surface area (Å²) in [6.45, 7) is -1.93. The topological polar surface area (TPSA) is 69.6 Å². The summed E-state index contributed by atoms with van der Waals surface area (Å²) in [5.41, 5.74) is 0. The maximum absolute atomic E-state index is 11.9. The van der Waals surface area contributed by atoms with Crippen molar-refractivity contribution in [3.8, 4) is 0 Å². The number of nitrogens with zero attached hydrogens (tertiary/aromatic N) is 1. The summed E-state index contributed by atoms with van der Waals surface area (Å²) in [5.74, 6) is -1.50. The molecule has 1 fully saturated rings. The highest BCUT2D eigenvalue weighted by Gasteiger charge is 2.29. The van der Waals surface area contributed by atoms with Gasteiger partial charge in [-0.15, -0.1) is 0 Å². The van der Waals surface area contributed by atoms with Crippen molar-refractivity contribution < 1.29 is 27.9 Å². The van der Waals surface area contributed by atoms with Crippen LogP contribution in [0.15, 0.2) is 0 Å². The van der Waals surface area contributed by atoms with Gasteiger partial charge < -0.3 is 15.3 Å². The SMILES string of the molecule is O=C(O)CN(CC1CC1)C(=O)CNCC(F)(F)F. The maximum atomic E-state index is 11.9. The van der Waals surface area contributed by atoms with Gasteiger partial charge in [-0.1, -0.05) is 0 Å². The van der Waals surface area contributed by atoms with E-state index in [9.17, 15) is 22.8 Å². The van der Waals surface area contributed by atoms with Crippen molar-refractivity contribution in [2.45, 2.75) is 19.0 Å². The fourth-order valence-electron chi connectivity index (χ4n) is 1.45. The van der Waals surface area contributed by atoms with Gasteiger partial charge in [-0.05, 0) is 18.8 Å². The third kappa shape index (κ3) is 6.43. The number of rotatable bonds is 7. The van der Waals surface area contributed by atoms with Crippen LogP contribution in [0.4, 0.5) is 13.2 Å². The zero-order valence-corrected chi connectivity index (χ0v) is 9.66. The molecule has 104 valence electrons. The summed E-state index contributed by atoms with van der Waals surface area (Å²) < 4.78 is 35.6. The molecule has 1 amide bonds. The summed E-state index contributed by atoms with van der Waals surface area (Å²) in [6, 6.07) is 0. The minimum Gasteiger partial charge on any atom is -0.480 e. The Morgan fingerprint density at radius 1 is 1.33 bits per heavy atom. The third-order valence-electron chi connectivity index (χ3n) is 2.46. The molecule has 1 saturated carbocycles. The van der Waals surface area contributed by atoms with E-state index in [-0.39, 0.29) is 5.92 Å². The average molecular weight is 268 g/mol. The lowest BCUT2D eigenvalue weighted by molar-refractivity contribution is -0.145. The standard InChI is InChI=1S/C10H15F3N2O3/c11-10(12,13)6-14-3-8(16)15(5-9(17)18)4-7-1-2-7/h7,14H,1-6H2,(H,17,18). The second-order valence-electron chi connectivity index (χ2n) is 4.33. The smallest absolute Gasteiger partial charge is 0.401 e. The van der Waals surface area contributed by atoms with E-state index in [4.69, 9.17) is 5.11 Å². The number of carboxylic acids is 1. The van der Waals surface area contributed by atoms with Crippen LogP contribution in [-0.4, -0.2) is 54.2 Å². The van der Waals surface area contributed by atoms with Crippen molar-refractivity contribution in [1.29, 1.82) is 0 Å². The van der Waals surface area contributed by atoms with Crippen LogP contribution in [0.25, 0.3) is 0 Å². The average Bonchev–Trinajstić information content (AvgIpc) is 2.97. The first-order valence-electron chi connectivity index (χ1n) is 5.55. The molecule has 1 rings (SSSR count). The van der Waals surface area contributed by atoms with Crippen molar-refractivity contribution in [2.75, 3.05) is 26.2 Å². The molecule has 0 heterocycles. The predicted molar refractivity (Wildman–Crippen MR) is 55.9 cm³/mol. The van der Waals surface area contributed by atoms with Crippen molar-refractivity contribution in [3.05, 3.63) is 0 Å². The van der Waals surface area contributed by atoms with Crippen LogP contribution < -0.4 is 5.32 Å². The molecule has 0 spiro atoms. The first-order valence-corrected chi connectivity index (χ1v) is 5.55. The van der Waals surface area contributed by atoms with Gasteiger partial charge in [0.1, 0.15) is 6.54 Å². The van der Waals surface area contributed by atoms with E-state index >= 15 is 0 Å². The number of carboxylic acid groups (broad SMARTS) is 1. The number of carbonyl (C=O) groups excluding carboxylic acids is 1. The summed E-state index contributed by atoms with van der Waals surface area (Å²) in [4.78, 5) is 23.2. The predicted octanol–water partition coefficient (Wildman–Crippen LogP) is 0.461. The molecular weight excluding hydrogens is 253 g/mol. The van der Waals surface area contributed by atoms with Gasteiger partial charge in [0, 0.05) is 6.54 Å². The molecule has 1 aliphatic rings. The Labute approximate surface area is 102 Å². The van der Waals surface area contributed by atoms with Crippen molar-refractivity contribution in [2.24, 2.45) is 5.92 Å². The summed E-state index contributed by atoms with van der Waals surface area (Å²) >= 11 is 0. The number of halogens is 3. The van der Waals surface area contributed by atoms with Gasteiger partial charge in [-0.2, -0.15) is 13.2 Å². The van der Waals surface area contributed by atoms with Crippen LogP contribution in [0, 0.1) is 5.92 Å². The van der Waals surface area contributed by atoms with Crippen molar-refractivity contribution in [3.63, 3.8) is 0 Å². The Hall–Kier alpha value is -1.31. The second-order valence-corrected chi connectivity index (χ2v) is 4.33. The van der Waals surface area contributed by atoms with Gasteiger partial charge in [0.15, 0.2) is 0 Å². The number of alkyl halides is 3. The van der Waals surface area contributed by atoms with Crippen molar-refractivity contribution >= 4 is 11.9 Å². The highest BCUT2D eigenvalue weighted by Crippen LogP contribution is 2.29. The molecule has 1 aliphatic carbocycles. The Bertz CT molecular complexity index is 316. The molecule has 2 N–H and O–H groups in total. The summed E-state index contributed by atoms with van der Waals surface area (Å²) in [7, 11) is 0. The van der Waals surface area contributed by atoms with Crippen LogP contribution in [0.5, 0.6) is 0 Å². The molecule has 0 aromatic rings. The Balaban J connectivity index is 2.35. The van der Waals surface area contributed by atoms with Crippen LogP contribution in [-0.2, 0) is 9.59 Å². The van der Waals surface area contributed by atoms with E-state index in [1.54, 1.807) is 0 Å². The highest BCUT2D eigenvalue weighted by molar-refractivity contribution is 5.82. The van der Waals surface area contributed by atoms with E-state index in [1.165, 1.54) is 0 Å². The normalized spacial score (nSPS) is 15.5.